The van der Waals surface area contributed by atoms with Gasteiger partial charge in [-0.1, -0.05) is 33.6 Å². The van der Waals surface area contributed by atoms with Crippen LogP contribution in [0, 0.1) is 0 Å². The summed E-state index contributed by atoms with van der Waals surface area (Å²) in [6.45, 7) is 0. The fourth-order valence-corrected chi connectivity index (χ4v) is 2.49. The predicted octanol–water partition coefficient (Wildman–Crippen LogP) is 3.80. The lowest BCUT2D eigenvalue weighted by molar-refractivity contribution is -0.108. The summed E-state index contributed by atoms with van der Waals surface area (Å²) in [6, 6.07) is 3.48. The summed E-state index contributed by atoms with van der Waals surface area (Å²) < 4.78 is 0.809. The fourth-order valence-electron chi connectivity index (χ4n) is 1.57. The van der Waals surface area contributed by atoms with Gasteiger partial charge < -0.3 is 0 Å². The van der Waals surface area contributed by atoms with Crippen LogP contribution >= 0.6 is 39.1 Å². The van der Waals surface area contributed by atoms with E-state index in [1.54, 1.807) is 24.4 Å². The van der Waals surface area contributed by atoms with E-state index in [2.05, 4.69) is 20.9 Å². The topological polar surface area (TPSA) is 30.0 Å². The van der Waals surface area contributed by atoms with Gasteiger partial charge in [0.1, 0.15) is 0 Å². The number of allylic oxidation sites excluding steroid dienone is 4. The van der Waals surface area contributed by atoms with Crippen LogP contribution in [0.5, 0.6) is 0 Å². The lowest BCUT2D eigenvalue weighted by Crippen LogP contribution is -2.05. The van der Waals surface area contributed by atoms with Crippen LogP contribution in [-0.2, 0) is 4.79 Å². The van der Waals surface area contributed by atoms with Gasteiger partial charge in [-0.15, -0.1) is 0 Å². The van der Waals surface area contributed by atoms with E-state index in [1.165, 1.54) is 0 Å². The predicted molar refractivity (Wildman–Crippen MR) is 67.9 cm³/mol. The van der Waals surface area contributed by atoms with E-state index in [1.807, 2.05) is 6.08 Å². The van der Waals surface area contributed by atoms with E-state index < -0.39 is 5.24 Å². The van der Waals surface area contributed by atoms with Crippen LogP contribution in [0.3, 0.4) is 0 Å². The maximum Gasteiger partial charge on any atom is 0.249 e. The van der Waals surface area contributed by atoms with Crippen molar-refractivity contribution in [2.24, 2.45) is 0 Å². The molecule has 0 aliphatic heterocycles. The lowest BCUT2D eigenvalue weighted by atomic mass is 9.99. The van der Waals surface area contributed by atoms with Gasteiger partial charge in [0, 0.05) is 16.3 Å². The number of hydrogen-bond donors (Lipinski definition) is 0. The molecular weight excluding hydrogens is 313 g/mol. The summed E-state index contributed by atoms with van der Waals surface area (Å²) in [6.07, 6.45) is 5.17. The molecular formula is C11H6BrCl2NO. The minimum absolute atomic E-state index is 0.270. The van der Waals surface area contributed by atoms with E-state index in [9.17, 15) is 4.79 Å². The quantitative estimate of drug-likeness (QED) is 0.776. The number of nitrogens with zero attached hydrogens (tertiary/aromatic N) is 1. The normalized spacial score (nSPS) is 19.3. The Kier molecular flexibility index (Phi) is 3.47. The molecule has 1 unspecified atom stereocenters. The Hall–Kier alpha value is -0.640. The second-order valence-corrected chi connectivity index (χ2v) is 4.94. The highest BCUT2D eigenvalue weighted by molar-refractivity contribution is 9.11. The molecule has 1 aliphatic carbocycles. The molecule has 1 aromatic rings. The minimum Gasteiger partial charge on any atom is -0.276 e. The third-order valence-electron chi connectivity index (χ3n) is 2.26. The maximum atomic E-state index is 11.3. The van der Waals surface area contributed by atoms with Crippen molar-refractivity contribution in [2.75, 3.05) is 0 Å². The van der Waals surface area contributed by atoms with Crippen LogP contribution in [0.15, 0.2) is 40.5 Å². The Labute approximate surface area is 111 Å². The van der Waals surface area contributed by atoms with Crippen LogP contribution in [0.25, 0.3) is 0 Å². The van der Waals surface area contributed by atoms with Crippen molar-refractivity contribution in [3.05, 3.63) is 51.3 Å². The van der Waals surface area contributed by atoms with Crippen LogP contribution < -0.4 is 0 Å². The smallest absolute Gasteiger partial charge is 0.249 e. The van der Waals surface area contributed by atoms with Crippen molar-refractivity contribution >= 4 is 44.4 Å². The third-order valence-corrected chi connectivity index (χ3v) is 3.29. The molecule has 0 fully saturated rings. The highest BCUT2D eigenvalue weighted by atomic mass is 79.9. The molecule has 1 aromatic heterocycles. The first-order valence-corrected chi connectivity index (χ1v) is 6.03. The number of aromatic nitrogens is 1. The summed E-state index contributed by atoms with van der Waals surface area (Å²) in [5.74, 6) is -0.270. The zero-order valence-corrected chi connectivity index (χ0v) is 11.1. The van der Waals surface area contributed by atoms with E-state index >= 15 is 0 Å². The van der Waals surface area contributed by atoms with E-state index in [-0.39, 0.29) is 5.92 Å². The van der Waals surface area contributed by atoms with Crippen molar-refractivity contribution in [3.8, 4) is 0 Å². The molecule has 1 heterocycles. The Bertz CT molecular complexity index is 510. The molecule has 2 rings (SSSR count). The first-order valence-electron chi connectivity index (χ1n) is 4.48. The van der Waals surface area contributed by atoms with Gasteiger partial charge in [-0.2, -0.15) is 0 Å². The second kappa shape index (κ2) is 4.70. The van der Waals surface area contributed by atoms with Gasteiger partial charge in [0.15, 0.2) is 0 Å². The number of carbonyl (C=O) groups excluding carboxylic acids is 1. The number of carbonyl (C=O) groups is 1. The second-order valence-electron chi connectivity index (χ2n) is 3.27. The number of rotatable bonds is 2. The number of halogens is 3. The standard InChI is InChI=1S/C11H6BrCl2NO/c12-6-4-7(8(5-6)11(14)16)10-9(13)2-1-3-15-10/h1-5,7H. The largest absolute Gasteiger partial charge is 0.276 e. The van der Waals surface area contributed by atoms with E-state index in [4.69, 9.17) is 23.2 Å². The molecule has 2 nitrogen and oxygen atoms in total. The highest BCUT2D eigenvalue weighted by Crippen LogP contribution is 2.38. The third kappa shape index (κ3) is 2.21. The zero-order valence-electron chi connectivity index (χ0n) is 7.95. The van der Waals surface area contributed by atoms with Crippen molar-refractivity contribution in [2.45, 2.75) is 5.92 Å². The molecule has 5 heteroatoms. The monoisotopic (exact) mass is 317 g/mol. The highest BCUT2D eigenvalue weighted by Gasteiger charge is 2.26. The van der Waals surface area contributed by atoms with Crippen LogP contribution in [-0.4, -0.2) is 10.2 Å². The number of hydrogen-bond acceptors (Lipinski definition) is 2. The molecule has 0 spiro atoms. The maximum absolute atomic E-state index is 11.3. The molecule has 16 heavy (non-hydrogen) atoms. The van der Waals surface area contributed by atoms with Gasteiger partial charge in [0.25, 0.3) is 0 Å². The van der Waals surface area contributed by atoms with Crippen molar-refractivity contribution in [1.29, 1.82) is 0 Å². The minimum atomic E-state index is -0.489. The van der Waals surface area contributed by atoms with Gasteiger partial charge in [-0.25, -0.2) is 0 Å². The molecule has 1 aliphatic rings. The lowest BCUT2D eigenvalue weighted by Gasteiger charge is -2.10. The summed E-state index contributed by atoms with van der Waals surface area (Å²) in [7, 11) is 0. The molecule has 0 saturated carbocycles. The molecule has 82 valence electrons. The Morgan fingerprint density at radius 3 is 2.88 bits per heavy atom. The van der Waals surface area contributed by atoms with Crippen molar-refractivity contribution < 1.29 is 4.79 Å². The van der Waals surface area contributed by atoms with Gasteiger partial charge in [0.2, 0.25) is 5.24 Å². The first kappa shape index (κ1) is 11.8. The van der Waals surface area contributed by atoms with Crippen LogP contribution in [0.1, 0.15) is 11.6 Å². The van der Waals surface area contributed by atoms with E-state index in [0.29, 0.717) is 16.3 Å². The SMILES string of the molecule is O=C(Cl)C1=CC(Br)=CC1c1ncccc1Cl. The van der Waals surface area contributed by atoms with Crippen molar-refractivity contribution in [3.63, 3.8) is 0 Å². The van der Waals surface area contributed by atoms with Crippen molar-refractivity contribution in [1.82, 2.24) is 4.98 Å². The van der Waals surface area contributed by atoms with Gasteiger partial charge in [-0.3, -0.25) is 9.78 Å². The van der Waals surface area contributed by atoms with Gasteiger partial charge in [-0.05, 0) is 29.8 Å². The zero-order chi connectivity index (χ0) is 11.7. The average Bonchev–Trinajstić information content (AvgIpc) is 2.61. The summed E-state index contributed by atoms with van der Waals surface area (Å²) in [5, 5.41) is 0.0344. The first-order chi connectivity index (χ1) is 7.59. The average molecular weight is 319 g/mol. The summed E-state index contributed by atoms with van der Waals surface area (Å²) in [4.78, 5) is 15.4. The Balaban J connectivity index is 2.46. The summed E-state index contributed by atoms with van der Waals surface area (Å²) in [5.41, 5.74) is 1.12. The van der Waals surface area contributed by atoms with E-state index in [0.717, 1.165) is 4.48 Å². The number of pyridine rings is 1. The molecule has 0 radical (unpaired) electrons. The molecule has 0 saturated heterocycles. The van der Waals surface area contributed by atoms with Crippen LogP contribution in [0.4, 0.5) is 0 Å². The molecule has 0 N–H and O–H groups in total. The summed E-state index contributed by atoms with van der Waals surface area (Å²) >= 11 is 14.9. The Morgan fingerprint density at radius 1 is 1.50 bits per heavy atom. The van der Waals surface area contributed by atoms with Gasteiger partial charge >= 0.3 is 0 Å². The molecule has 0 bridgehead atoms. The molecule has 1 atom stereocenters. The van der Waals surface area contributed by atoms with Gasteiger partial charge in [0.05, 0.1) is 16.6 Å². The van der Waals surface area contributed by atoms with Crippen LogP contribution in [0.2, 0.25) is 5.02 Å². The molecule has 0 amide bonds. The molecule has 0 aromatic carbocycles. The Morgan fingerprint density at radius 2 is 2.25 bits per heavy atom. The fraction of sp³-hybridized carbons (Fsp3) is 0.0909.